The first kappa shape index (κ1) is 19.4. The molecule has 0 aliphatic rings. The number of amides is 1. The van der Waals surface area contributed by atoms with Gasteiger partial charge in [0.25, 0.3) is 5.91 Å². The van der Waals surface area contributed by atoms with Crippen LogP contribution in [0.3, 0.4) is 0 Å². The summed E-state index contributed by atoms with van der Waals surface area (Å²) in [6, 6.07) is 12.9. The van der Waals surface area contributed by atoms with Crippen LogP contribution in [0.25, 0.3) is 0 Å². The number of carbonyl (C=O) groups is 1. The average Bonchev–Trinajstić information content (AvgIpc) is 2.62. The van der Waals surface area contributed by atoms with Crippen LogP contribution < -0.4 is 4.72 Å². The normalized spacial score (nSPS) is 11.3. The number of rotatable bonds is 7. The zero-order valence-corrected chi connectivity index (χ0v) is 15.8. The highest BCUT2D eigenvalue weighted by molar-refractivity contribution is 7.89. The summed E-state index contributed by atoms with van der Waals surface area (Å²) in [7, 11) is -3.65. The monoisotopic (exact) mass is 380 g/mol. The molecule has 0 aliphatic carbocycles. The molecule has 0 saturated carbocycles. The van der Waals surface area contributed by atoms with Gasteiger partial charge in [0.05, 0.1) is 4.90 Å². The van der Waals surface area contributed by atoms with E-state index in [1.165, 1.54) is 24.3 Å². The number of nitrogens with zero attached hydrogens (tertiary/aromatic N) is 1. The van der Waals surface area contributed by atoms with E-state index in [4.69, 9.17) is 11.6 Å². The van der Waals surface area contributed by atoms with Gasteiger partial charge in [-0.1, -0.05) is 23.7 Å². The molecule has 0 heterocycles. The Morgan fingerprint density at radius 1 is 1.00 bits per heavy atom. The van der Waals surface area contributed by atoms with Crippen molar-refractivity contribution >= 4 is 27.5 Å². The third kappa shape index (κ3) is 5.04. The van der Waals surface area contributed by atoms with Gasteiger partial charge in [0, 0.05) is 30.2 Å². The molecule has 2 rings (SSSR count). The van der Waals surface area contributed by atoms with Crippen molar-refractivity contribution in [3.63, 3.8) is 0 Å². The van der Waals surface area contributed by atoms with Crippen molar-refractivity contribution in [2.24, 2.45) is 0 Å². The summed E-state index contributed by atoms with van der Waals surface area (Å²) in [5, 5.41) is 0.597. The van der Waals surface area contributed by atoms with Gasteiger partial charge in [-0.15, -0.1) is 0 Å². The number of hydrogen-bond donors (Lipinski definition) is 1. The summed E-state index contributed by atoms with van der Waals surface area (Å²) in [4.78, 5) is 14.1. The maximum absolute atomic E-state index is 12.4. The summed E-state index contributed by atoms with van der Waals surface area (Å²) in [6.45, 7) is 5.19. The van der Waals surface area contributed by atoms with Crippen molar-refractivity contribution in [2.75, 3.05) is 13.1 Å². The molecule has 0 aromatic heterocycles. The number of nitrogens with one attached hydrogen (secondary N) is 1. The highest BCUT2D eigenvalue weighted by atomic mass is 35.5. The van der Waals surface area contributed by atoms with Crippen molar-refractivity contribution < 1.29 is 13.2 Å². The second-order valence-corrected chi connectivity index (χ2v) is 7.66. The summed E-state index contributed by atoms with van der Waals surface area (Å²) >= 11 is 5.81. The molecule has 134 valence electrons. The number of carbonyl (C=O) groups excluding carboxylic acids is 1. The number of hydrogen-bond acceptors (Lipinski definition) is 3. The lowest BCUT2D eigenvalue weighted by Crippen LogP contribution is -2.30. The molecule has 0 aliphatic heterocycles. The predicted molar refractivity (Wildman–Crippen MR) is 99.2 cm³/mol. The van der Waals surface area contributed by atoms with Crippen LogP contribution in [0.1, 0.15) is 29.8 Å². The third-order valence-electron chi connectivity index (χ3n) is 3.84. The molecule has 1 N–H and O–H groups in total. The van der Waals surface area contributed by atoms with Crippen LogP contribution >= 0.6 is 11.6 Å². The van der Waals surface area contributed by atoms with E-state index < -0.39 is 10.0 Å². The lowest BCUT2D eigenvalue weighted by Gasteiger charge is -2.18. The highest BCUT2D eigenvalue weighted by Gasteiger charge is 2.16. The molecule has 0 radical (unpaired) electrons. The Balaban J connectivity index is 2.09. The Kier molecular flexibility index (Phi) is 6.58. The Hall–Kier alpha value is -1.89. The molecular weight excluding hydrogens is 360 g/mol. The molecule has 2 aromatic rings. The summed E-state index contributed by atoms with van der Waals surface area (Å²) in [5.41, 5.74) is 1.28. The number of halogens is 1. The Bertz CT molecular complexity index is 814. The van der Waals surface area contributed by atoms with Gasteiger partial charge in [0.1, 0.15) is 0 Å². The van der Waals surface area contributed by atoms with E-state index in [9.17, 15) is 13.2 Å². The zero-order valence-electron chi connectivity index (χ0n) is 14.2. The lowest BCUT2D eigenvalue weighted by molar-refractivity contribution is 0.0773. The second-order valence-electron chi connectivity index (χ2n) is 5.45. The molecule has 2 aromatic carbocycles. The Labute approximate surface area is 153 Å². The van der Waals surface area contributed by atoms with Gasteiger partial charge < -0.3 is 4.90 Å². The summed E-state index contributed by atoms with van der Waals surface area (Å²) in [5.74, 6) is -0.108. The molecule has 0 saturated heterocycles. The topological polar surface area (TPSA) is 66.5 Å². The molecule has 0 bridgehead atoms. The molecule has 7 heteroatoms. The Morgan fingerprint density at radius 3 is 2.08 bits per heavy atom. The van der Waals surface area contributed by atoms with Crippen molar-refractivity contribution in [2.45, 2.75) is 25.3 Å². The summed E-state index contributed by atoms with van der Waals surface area (Å²) in [6.07, 6.45) is 0. The predicted octanol–water partition coefficient (Wildman–Crippen LogP) is 3.30. The van der Waals surface area contributed by atoms with Crippen molar-refractivity contribution in [3.8, 4) is 0 Å². The maximum atomic E-state index is 12.4. The van der Waals surface area contributed by atoms with Gasteiger partial charge in [-0.05, 0) is 55.8 Å². The van der Waals surface area contributed by atoms with Gasteiger partial charge in [-0.3, -0.25) is 4.79 Å². The lowest BCUT2D eigenvalue weighted by atomic mass is 10.2. The first-order chi connectivity index (χ1) is 11.9. The minimum absolute atomic E-state index is 0.108. The van der Waals surface area contributed by atoms with Gasteiger partial charge in [0.2, 0.25) is 10.0 Å². The fraction of sp³-hybridized carbons (Fsp3) is 0.278. The van der Waals surface area contributed by atoms with Gasteiger partial charge in [0.15, 0.2) is 0 Å². The van der Waals surface area contributed by atoms with E-state index in [0.717, 1.165) is 5.56 Å². The minimum atomic E-state index is -3.65. The van der Waals surface area contributed by atoms with E-state index >= 15 is 0 Å². The molecule has 0 spiro atoms. The van der Waals surface area contributed by atoms with Crippen LogP contribution in [-0.4, -0.2) is 32.3 Å². The molecule has 25 heavy (non-hydrogen) atoms. The summed E-state index contributed by atoms with van der Waals surface area (Å²) < 4.78 is 27.3. The number of sulfonamides is 1. The first-order valence-electron chi connectivity index (χ1n) is 8.00. The number of benzene rings is 2. The smallest absolute Gasteiger partial charge is 0.253 e. The van der Waals surface area contributed by atoms with Crippen LogP contribution in [0.2, 0.25) is 5.02 Å². The van der Waals surface area contributed by atoms with E-state index in [-0.39, 0.29) is 17.3 Å². The fourth-order valence-corrected chi connectivity index (χ4v) is 3.48. The van der Waals surface area contributed by atoms with Gasteiger partial charge in [-0.25, -0.2) is 13.1 Å². The van der Waals surface area contributed by atoms with Crippen LogP contribution in [0.5, 0.6) is 0 Å². The van der Waals surface area contributed by atoms with E-state index in [2.05, 4.69) is 4.72 Å². The zero-order chi connectivity index (χ0) is 18.4. The molecule has 0 fully saturated rings. The van der Waals surface area contributed by atoms with E-state index in [1.54, 1.807) is 29.2 Å². The van der Waals surface area contributed by atoms with Crippen LogP contribution in [-0.2, 0) is 16.6 Å². The van der Waals surface area contributed by atoms with Crippen molar-refractivity contribution in [3.05, 3.63) is 64.7 Å². The van der Waals surface area contributed by atoms with Gasteiger partial charge in [-0.2, -0.15) is 0 Å². The van der Waals surface area contributed by atoms with Crippen molar-refractivity contribution in [1.82, 2.24) is 9.62 Å². The van der Waals surface area contributed by atoms with E-state index in [0.29, 0.717) is 23.7 Å². The molecule has 5 nitrogen and oxygen atoms in total. The Morgan fingerprint density at radius 2 is 1.56 bits per heavy atom. The quantitative estimate of drug-likeness (QED) is 0.801. The first-order valence-corrected chi connectivity index (χ1v) is 9.87. The third-order valence-corrected chi connectivity index (χ3v) is 5.51. The maximum Gasteiger partial charge on any atom is 0.253 e. The average molecular weight is 381 g/mol. The molecule has 0 unspecified atom stereocenters. The molecule has 0 atom stereocenters. The highest BCUT2D eigenvalue weighted by Crippen LogP contribution is 2.14. The van der Waals surface area contributed by atoms with Crippen LogP contribution in [0, 0.1) is 0 Å². The van der Waals surface area contributed by atoms with E-state index in [1.807, 2.05) is 13.8 Å². The standard InChI is InChI=1S/C18H21ClN2O3S/c1-3-21(4-2)18(22)15-7-11-17(12-8-15)25(23,24)20-13-14-5-9-16(19)10-6-14/h5-12,20H,3-4,13H2,1-2H3. The molecule has 1 amide bonds. The largest absolute Gasteiger partial charge is 0.339 e. The van der Waals surface area contributed by atoms with Crippen molar-refractivity contribution in [1.29, 1.82) is 0 Å². The van der Waals surface area contributed by atoms with Gasteiger partial charge >= 0.3 is 0 Å². The second kappa shape index (κ2) is 8.47. The minimum Gasteiger partial charge on any atom is -0.339 e. The van der Waals surface area contributed by atoms with Crippen LogP contribution in [0.4, 0.5) is 0 Å². The van der Waals surface area contributed by atoms with Crippen LogP contribution in [0.15, 0.2) is 53.4 Å². The SMILES string of the molecule is CCN(CC)C(=O)c1ccc(S(=O)(=O)NCc2ccc(Cl)cc2)cc1. The fourth-order valence-electron chi connectivity index (χ4n) is 2.33. The molecular formula is C18H21ClN2O3S.